The maximum absolute atomic E-state index is 11.3. The number of aromatic nitrogens is 1. The first kappa shape index (κ1) is 10.5. The van der Waals surface area contributed by atoms with Gasteiger partial charge in [-0.2, -0.15) is 0 Å². The number of rotatable bonds is 2. The topological polar surface area (TPSA) is 22.0 Å². The predicted octanol–water partition coefficient (Wildman–Crippen LogP) is 3.50. The van der Waals surface area contributed by atoms with Crippen LogP contribution >= 0.6 is 0 Å². The van der Waals surface area contributed by atoms with Gasteiger partial charge in [-0.05, 0) is 32.8 Å². The Morgan fingerprint density at radius 2 is 2.00 bits per heavy atom. The average Bonchev–Trinajstić information content (AvgIpc) is 2.61. The Bertz CT molecular complexity index is 359. The molecule has 0 saturated heterocycles. The van der Waals surface area contributed by atoms with Gasteiger partial charge in [0.25, 0.3) is 0 Å². The zero-order chi connectivity index (χ0) is 10.8. The van der Waals surface area contributed by atoms with Crippen LogP contribution in [0.1, 0.15) is 61.1 Å². The molecule has 0 aromatic carbocycles. The Labute approximate surface area is 91.3 Å². The second kappa shape index (κ2) is 4.21. The summed E-state index contributed by atoms with van der Waals surface area (Å²) >= 11 is 0. The number of carbonyl (C=O) groups excluding carboxylic acids is 1. The van der Waals surface area contributed by atoms with E-state index in [2.05, 4.69) is 17.7 Å². The zero-order valence-electron chi connectivity index (χ0n) is 9.62. The number of carbonyl (C=O) groups is 1. The van der Waals surface area contributed by atoms with Crippen molar-refractivity contribution in [1.29, 1.82) is 0 Å². The monoisotopic (exact) mass is 205 g/mol. The van der Waals surface area contributed by atoms with Gasteiger partial charge in [0, 0.05) is 23.5 Å². The minimum absolute atomic E-state index is 0.182. The zero-order valence-corrected chi connectivity index (χ0v) is 9.62. The molecule has 0 radical (unpaired) electrons. The van der Waals surface area contributed by atoms with E-state index in [9.17, 15) is 4.79 Å². The maximum atomic E-state index is 11.3. The van der Waals surface area contributed by atoms with Crippen LogP contribution in [-0.4, -0.2) is 10.4 Å². The average molecular weight is 205 g/mol. The van der Waals surface area contributed by atoms with E-state index in [0.717, 1.165) is 11.3 Å². The van der Waals surface area contributed by atoms with E-state index in [1.54, 1.807) is 6.92 Å². The van der Waals surface area contributed by atoms with E-state index in [1.807, 2.05) is 6.07 Å². The van der Waals surface area contributed by atoms with Gasteiger partial charge in [0.15, 0.2) is 5.78 Å². The summed E-state index contributed by atoms with van der Waals surface area (Å²) in [5.41, 5.74) is 2.04. The second-order valence-corrected chi connectivity index (χ2v) is 4.57. The number of hydrogen-bond acceptors (Lipinski definition) is 1. The third kappa shape index (κ3) is 1.99. The molecule has 1 aliphatic rings. The van der Waals surface area contributed by atoms with Crippen LogP contribution in [0, 0.1) is 6.92 Å². The Kier molecular flexibility index (Phi) is 2.94. The third-order valence-electron chi connectivity index (χ3n) is 3.53. The Morgan fingerprint density at radius 1 is 1.33 bits per heavy atom. The number of hydrogen-bond donors (Lipinski definition) is 0. The molecule has 2 heteroatoms. The van der Waals surface area contributed by atoms with Gasteiger partial charge in [-0.1, -0.05) is 19.3 Å². The molecule has 1 aromatic rings. The van der Waals surface area contributed by atoms with E-state index in [4.69, 9.17) is 0 Å². The van der Waals surface area contributed by atoms with E-state index in [-0.39, 0.29) is 5.78 Å². The summed E-state index contributed by atoms with van der Waals surface area (Å²) in [6, 6.07) is 2.60. The van der Waals surface area contributed by atoms with Gasteiger partial charge in [-0.3, -0.25) is 4.79 Å². The Balaban J connectivity index is 2.24. The van der Waals surface area contributed by atoms with E-state index in [0.29, 0.717) is 6.04 Å². The molecule has 1 saturated carbocycles. The maximum Gasteiger partial charge on any atom is 0.161 e. The highest BCUT2D eigenvalue weighted by atomic mass is 16.1. The number of nitrogens with zero attached hydrogens (tertiary/aromatic N) is 1. The summed E-state index contributed by atoms with van der Waals surface area (Å²) in [4.78, 5) is 11.3. The molecule has 0 atom stereocenters. The normalized spacial score (nSPS) is 18.0. The van der Waals surface area contributed by atoms with Crippen LogP contribution < -0.4 is 0 Å². The summed E-state index contributed by atoms with van der Waals surface area (Å²) in [6.45, 7) is 3.71. The Hall–Kier alpha value is -1.05. The van der Waals surface area contributed by atoms with Crippen LogP contribution in [0.3, 0.4) is 0 Å². The molecule has 1 aliphatic carbocycles. The smallest absolute Gasteiger partial charge is 0.161 e. The fourth-order valence-corrected chi connectivity index (χ4v) is 2.65. The lowest BCUT2D eigenvalue weighted by Gasteiger charge is -2.24. The van der Waals surface area contributed by atoms with Crippen molar-refractivity contribution in [3.05, 3.63) is 23.5 Å². The molecule has 2 nitrogen and oxygen atoms in total. The molecule has 0 spiro atoms. The van der Waals surface area contributed by atoms with Crippen molar-refractivity contribution in [2.45, 2.75) is 52.0 Å². The van der Waals surface area contributed by atoms with Crippen molar-refractivity contribution < 1.29 is 4.79 Å². The second-order valence-electron chi connectivity index (χ2n) is 4.57. The van der Waals surface area contributed by atoms with Crippen molar-refractivity contribution in [2.24, 2.45) is 0 Å². The minimum atomic E-state index is 0.182. The highest BCUT2D eigenvalue weighted by molar-refractivity contribution is 5.95. The molecule has 15 heavy (non-hydrogen) atoms. The van der Waals surface area contributed by atoms with Crippen LogP contribution in [0.4, 0.5) is 0 Å². The first-order chi connectivity index (χ1) is 7.20. The Morgan fingerprint density at radius 3 is 2.53 bits per heavy atom. The van der Waals surface area contributed by atoms with Crippen LogP contribution in [-0.2, 0) is 0 Å². The third-order valence-corrected chi connectivity index (χ3v) is 3.53. The number of ketones is 1. The SMILES string of the molecule is CC(=O)c1ccn(C2CCCCC2)c1C. The lowest BCUT2D eigenvalue weighted by Crippen LogP contribution is -2.13. The standard InChI is InChI=1S/C13H19NO/c1-10-13(11(2)15)8-9-14(10)12-6-4-3-5-7-12/h8-9,12H,3-7H2,1-2H3. The summed E-state index contributed by atoms with van der Waals surface area (Å²) < 4.78 is 2.30. The summed E-state index contributed by atoms with van der Waals surface area (Å²) in [6.07, 6.45) is 8.66. The number of Topliss-reactive ketones (excluding diaryl/α,β-unsaturated/α-hetero) is 1. The molecule has 0 amide bonds. The van der Waals surface area contributed by atoms with E-state index < -0.39 is 0 Å². The quantitative estimate of drug-likeness (QED) is 0.677. The molecular formula is C13H19NO. The van der Waals surface area contributed by atoms with Crippen molar-refractivity contribution in [1.82, 2.24) is 4.57 Å². The molecule has 1 fully saturated rings. The van der Waals surface area contributed by atoms with Gasteiger partial charge in [0.2, 0.25) is 0 Å². The van der Waals surface area contributed by atoms with Crippen molar-refractivity contribution in [3.63, 3.8) is 0 Å². The largest absolute Gasteiger partial charge is 0.348 e. The molecule has 1 heterocycles. The van der Waals surface area contributed by atoms with Gasteiger partial charge >= 0.3 is 0 Å². The molecule has 0 aliphatic heterocycles. The van der Waals surface area contributed by atoms with Gasteiger partial charge in [-0.25, -0.2) is 0 Å². The molecular weight excluding hydrogens is 186 g/mol. The van der Waals surface area contributed by atoms with Crippen LogP contribution in [0.15, 0.2) is 12.3 Å². The van der Waals surface area contributed by atoms with Gasteiger partial charge in [0.05, 0.1) is 0 Å². The lowest BCUT2D eigenvalue weighted by atomic mass is 9.95. The van der Waals surface area contributed by atoms with Crippen LogP contribution in [0.25, 0.3) is 0 Å². The summed E-state index contributed by atoms with van der Waals surface area (Å²) in [7, 11) is 0. The molecule has 0 unspecified atom stereocenters. The molecule has 1 aromatic heterocycles. The molecule has 2 rings (SSSR count). The molecule has 82 valence electrons. The lowest BCUT2D eigenvalue weighted by molar-refractivity contribution is 0.101. The van der Waals surface area contributed by atoms with Crippen molar-refractivity contribution in [2.75, 3.05) is 0 Å². The van der Waals surface area contributed by atoms with Crippen LogP contribution in [0.2, 0.25) is 0 Å². The fraction of sp³-hybridized carbons (Fsp3) is 0.615. The highest BCUT2D eigenvalue weighted by Crippen LogP contribution is 2.30. The predicted molar refractivity (Wildman–Crippen MR) is 61.3 cm³/mol. The first-order valence-electron chi connectivity index (χ1n) is 5.88. The molecule has 0 bridgehead atoms. The van der Waals surface area contributed by atoms with Gasteiger partial charge in [0.1, 0.15) is 0 Å². The van der Waals surface area contributed by atoms with Crippen LogP contribution in [0.5, 0.6) is 0 Å². The van der Waals surface area contributed by atoms with E-state index >= 15 is 0 Å². The highest BCUT2D eigenvalue weighted by Gasteiger charge is 2.18. The summed E-state index contributed by atoms with van der Waals surface area (Å²) in [5.74, 6) is 0.182. The minimum Gasteiger partial charge on any atom is -0.348 e. The molecule has 0 N–H and O–H groups in total. The van der Waals surface area contributed by atoms with Gasteiger partial charge < -0.3 is 4.57 Å². The van der Waals surface area contributed by atoms with Gasteiger partial charge in [-0.15, -0.1) is 0 Å². The fourth-order valence-electron chi connectivity index (χ4n) is 2.65. The van der Waals surface area contributed by atoms with E-state index in [1.165, 1.54) is 32.1 Å². The first-order valence-corrected chi connectivity index (χ1v) is 5.88. The van der Waals surface area contributed by atoms with Crippen molar-refractivity contribution >= 4 is 5.78 Å². The van der Waals surface area contributed by atoms with Crippen molar-refractivity contribution in [3.8, 4) is 0 Å². The summed E-state index contributed by atoms with van der Waals surface area (Å²) in [5, 5.41) is 0.